The van der Waals surface area contributed by atoms with E-state index in [0.717, 1.165) is 30.9 Å². The summed E-state index contributed by atoms with van der Waals surface area (Å²) in [6.07, 6.45) is 1.11. The molecule has 19 heavy (non-hydrogen) atoms. The summed E-state index contributed by atoms with van der Waals surface area (Å²) in [5, 5.41) is 1.69. The Morgan fingerprint density at radius 2 is 2.00 bits per heavy atom. The molecule has 0 unspecified atom stereocenters. The minimum absolute atomic E-state index is 0.366. The Hall–Kier alpha value is -0.140. The number of hydrogen-bond donors (Lipinski definition) is 0. The summed E-state index contributed by atoms with van der Waals surface area (Å²) < 4.78 is 26.5. The number of nitrogens with zero attached hydrogens (tertiary/aromatic N) is 2. The molecule has 1 aromatic rings. The lowest BCUT2D eigenvalue weighted by atomic mass is 10.3. The van der Waals surface area contributed by atoms with Crippen LogP contribution in [0.5, 0.6) is 0 Å². The van der Waals surface area contributed by atoms with Crippen LogP contribution in [0.25, 0.3) is 0 Å². The standard InChI is InChI=1S/C12H19ClN2O2S2/c1-2-3-14-4-6-15(7-5-14)19(16,17)12-8-11(9-13)18-10-12/h8,10H,2-7,9H2,1H3. The number of sulfonamides is 1. The lowest BCUT2D eigenvalue weighted by molar-refractivity contribution is 0.188. The Morgan fingerprint density at radius 3 is 2.53 bits per heavy atom. The summed E-state index contributed by atoms with van der Waals surface area (Å²) in [7, 11) is -3.33. The molecule has 0 atom stereocenters. The van der Waals surface area contributed by atoms with Gasteiger partial charge in [-0.1, -0.05) is 6.92 Å². The zero-order valence-corrected chi connectivity index (χ0v) is 13.4. The molecule has 0 spiro atoms. The summed E-state index contributed by atoms with van der Waals surface area (Å²) in [4.78, 5) is 3.59. The highest BCUT2D eigenvalue weighted by atomic mass is 35.5. The van der Waals surface area contributed by atoms with E-state index in [1.54, 1.807) is 15.8 Å². The Balaban J connectivity index is 2.05. The Kier molecular flexibility index (Phi) is 5.25. The van der Waals surface area contributed by atoms with Crippen molar-refractivity contribution in [2.24, 2.45) is 0 Å². The molecule has 0 amide bonds. The van der Waals surface area contributed by atoms with Crippen LogP contribution < -0.4 is 0 Å². The van der Waals surface area contributed by atoms with Gasteiger partial charge in [-0.3, -0.25) is 0 Å². The molecule has 4 nitrogen and oxygen atoms in total. The van der Waals surface area contributed by atoms with Gasteiger partial charge in [0.15, 0.2) is 0 Å². The fourth-order valence-electron chi connectivity index (χ4n) is 2.22. The zero-order valence-electron chi connectivity index (χ0n) is 11.0. The summed E-state index contributed by atoms with van der Waals surface area (Å²) >= 11 is 7.13. The van der Waals surface area contributed by atoms with Crippen LogP contribution in [0.3, 0.4) is 0 Å². The minimum atomic E-state index is -3.33. The number of thiophene rings is 1. The second kappa shape index (κ2) is 6.54. The van der Waals surface area contributed by atoms with Gasteiger partial charge >= 0.3 is 0 Å². The van der Waals surface area contributed by atoms with E-state index in [-0.39, 0.29) is 0 Å². The first-order valence-corrected chi connectivity index (χ1v) is 9.29. The van der Waals surface area contributed by atoms with E-state index in [4.69, 9.17) is 11.6 Å². The van der Waals surface area contributed by atoms with E-state index in [0.29, 0.717) is 23.9 Å². The summed E-state index contributed by atoms with van der Waals surface area (Å²) in [6.45, 7) is 5.98. The van der Waals surface area contributed by atoms with Crippen LogP contribution in [0.2, 0.25) is 0 Å². The van der Waals surface area contributed by atoms with Crippen LogP contribution in [0, 0.1) is 0 Å². The van der Waals surface area contributed by atoms with Crippen molar-refractivity contribution in [3.05, 3.63) is 16.3 Å². The zero-order chi connectivity index (χ0) is 13.9. The number of hydrogen-bond acceptors (Lipinski definition) is 4. The first kappa shape index (κ1) is 15.3. The smallest absolute Gasteiger partial charge is 0.243 e. The van der Waals surface area contributed by atoms with Crippen molar-refractivity contribution < 1.29 is 8.42 Å². The molecule has 1 saturated heterocycles. The van der Waals surface area contributed by atoms with Crippen LogP contribution in [0.1, 0.15) is 18.2 Å². The summed E-state index contributed by atoms with van der Waals surface area (Å²) in [5.41, 5.74) is 0. The predicted molar refractivity (Wildman–Crippen MR) is 79.4 cm³/mol. The van der Waals surface area contributed by atoms with Gasteiger partial charge in [-0.2, -0.15) is 4.31 Å². The monoisotopic (exact) mass is 322 g/mol. The largest absolute Gasteiger partial charge is 0.301 e. The van der Waals surface area contributed by atoms with Crippen LogP contribution in [0.15, 0.2) is 16.3 Å². The van der Waals surface area contributed by atoms with E-state index >= 15 is 0 Å². The normalized spacial score (nSPS) is 18.8. The topological polar surface area (TPSA) is 40.6 Å². The number of piperazine rings is 1. The predicted octanol–water partition coefficient (Wildman–Crippen LogP) is 2.20. The fraction of sp³-hybridized carbons (Fsp3) is 0.667. The summed E-state index contributed by atoms with van der Waals surface area (Å²) in [6, 6.07) is 1.69. The minimum Gasteiger partial charge on any atom is -0.301 e. The number of rotatable bonds is 5. The molecule has 1 aliphatic heterocycles. The molecule has 0 bridgehead atoms. The van der Waals surface area contributed by atoms with Gasteiger partial charge in [-0.15, -0.1) is 22.9 Å². The third kappa shape index (κ3) is 3.49. The van der Waals surface area contributed by atoms with Gasteiger partial charge in [0.1, 0.15) is 0 Å². The van der Waals surface area contributed by atoms with Crippen molar-refractivity contribution in [3.8, 4) is 0 Å². The van der Waals surface area contributed by atoms with E-state index < -0.39 is 10.0 Å². The Labute approximate surface area is 124 Å². The Morgan fingerprint density at radius 1 is 1.32 bits per heavy atom. The summed E-state index contributed by atoms with van der Waals surface area (Å²) in [5.74, 6) is 0.366. The molecule has 0 aliphatic carbocycles. The van der Waals surface area contributed by atoms with Crippen LogP contribution in [-0.2, 0) is 15.9 Å². The maximum atomic E-state index is 12.5. The molecule has 1 aromatic heterocycles. The van der Waals surface area contributed by atoms with E-state index in [1.807, 2.05) is 0 Å². The number of alkyl halides is 1. The lowest BCUT2D eigenvalue weighted by Gasteiger charge is -2.33. The van der Waals surface area contributed by atoms with Crippen molar-refractivity contribution in [2.75, 3.05) is 32.7 Å². The second-order valence-electron chi connectivity index (χ2n) is 4.63. The molecule has 108 valence electrons. The third-order valence-corrected chi connectivity index (χ3v) is 6.68. The lowest BCUT2D eigenvalue weighted by Crippen LogP contribution is -2.48. The SMILES string of the molecule is CCCN1CCN(S(=O)(=O)c2csc(CCl)c2)CC1. The van der Waals surface area contributed by atoms with Gasteiger partial charge in [-0.05, 0) is 19.0 Å². The van der Waals surface area contributed by atoms with Gasteiger partial charge in [0.2, 0.25) is 10.0 Å². The average molecular weight is 323 g/mol. The molecule has 0 saturated carbocycles. The molecule has 2 heterocycles. The fourth-order valence-corrected chi connectivity index (χ4v) is 5.02. The van der Waals surface area contributed by atoms with Crippen molar-refractivity contribution >= 4 is 33.0 Å². The molecule has 1 fully saturated rings. The molecule has 0 aromatic carbocycles. The van der Waals surface area contributed by atoms with Gasteiger partial charge in [0.25, 0.3) is 0 Å². The highest BCUT2D eigenvalue weighted by Gasteiger charge is 2.28. The van der Waals surface area contributed by atoms with Gasteiger partial charge < -0.3 is 4.90 Å². The van der Waals surface area contributed by atoms with Gasteiger partial charge in [0.05, 0.1) is 10.8 Å². The highest BCUT2D eigenvalue weighted by Crippen LogP contribution is 2.24. The first-order valence-electron chi connectivity index (χ1n) is 6.43. The quantitative estimate of drug-likeness (QED) is 0.780. The Bertz CT molecular complexity index is 508. The maximum absolute atomic E-state index is 12.5. The second-order valence-corrected chi connectivity index (χ2v) is 7.83. The van der Waals surface area contributed by atoms with Crippen LogP contribution in [0.4, 0.5) is 0 Å². The van der Waals surface area contributed by atoms with Gasteiger partial charge in [-0.25, -0.2) is 8.42 Å². The first-order chi connectivity index (χ1) is 9.07. The van der Waals surface area contributed by atoms with Crippen molar-refractivity contribution in [3.63, 3.8) is 0 Å². The molecule has 0 N–H and O–H groups in total. The third-order valence-electron chi connectivity index (χ3n) is 3.27. The molecule has 7 heteroatoms. The number of halogens is 1. The molecular weight excluding hydrogens is 304 g/mol. The highest BCUT2D eigenvalue weighted by molar-refractivity contribution is 7.89. The molecule has 0 radical (unpaired) electrons. The molecular formula is C12H19ClN2O2S2. The van der Waals surface area contributed by atoms with Crippen LogP contribution >= 0.6 is 22.9 Å². The van der Waals surface area contributed by atoms with Crippen molar-refractivity contribution in [2.45, 2.75) is 24.1 Å². The maximum Gasteiger partial charge on any atom is 0.243 e. The van der Waals surface area contributed by atoms with Crippen LogP contribution in [-0.4, -0.2) is 50.3 Å². The van der Waals surface area contributed by atoms with Crippen molar-refractivity contribution in [1.82, 2.24) is 9.21 Å². The van der Waals surface area contributed by atoms with Crippen molar-refractivity contribution in [1.29, 1.82) is 0 Å². The molecule has 2 rings (SSSR count). The van der Waals surface area contributed by atoms with E-state index in [9.17, 15) is 8.42 Å². The van der Waals surface area contributed by atoms with E-state index in [2.05, 4.69) is 11.8 Å². The average Bonchev–Trinajstić information content (AvgIpc) is 2.89. The van der Waals surface area contributed by atoms with Gasteiger partial charge in [0, 0.05) is 36.4 Å². The molecule has 1 aliphatic rings. The van der Waals surface area contributed by atoms with E-state index in [1.165, 1.54) is 11.3 Å².